The molecule has 82 valence electrons. The Morgan fingerprint density at radius 1 is 1.67 bits per heavy atom. The summed E-state index contributed by atoms with van der Waals surface area (Å²) in [6.45, 7) is 3.81. The van der Waals surface area contributed by atoms with Gasteiger partial charge in [0, 0.05) is 10.7 Å². The van der Waals surface area contributed by atoms with E-state index in [0.29, 0.717) is 5.82 Å². The SMILES string of the molecule is CC(C)OCC(=O)Nc1cc(Br)ccn1. The van der Waals surface area contributed by atoms with Gasteiger partial charge in [0.2, 0.25) is 0 Å². The maximum atomic E-state index is 11.3. The summed E-state index contributed by atoms with van der Waals surface area (Å²) in [7, 11) is 0. The van der Waals surface area contributed by atoms with Crippen LogP contribution < -0.4 is 5.32 Å². The van der Waals surface area contributed by atoms with E-state index in [1.807, 2.05) is 13.8 Å². The van der Waals surface area contributed by atoms with Crippen LogP contribution in [0.2, 0.25) is 0 Å². The van der Waals surface area contributed by atoms with Gasteiger partial charge in [0.25, 0.3) is 5.91 Å². The molecule has 0 bridgehead atoms. The van der Waals surface area contributed by atoms with E-state index in [2.05, 4.69) is 26.2 Å². The lowest BCUT2D eigenvalue weighted by Gasteiger charge is -2.07. The van der Waals surface area contributed by atoms with Crippen LogP contribution >= 0.6 is 15.9 Å². The third kappa shape index (κ3) is 4.90. The molecule has 0 unspecified atom stereocenters. The largest absolute Gasteiger partial charge is 0.369 e. The molecule has 1 amide bonds. The highest BCUT2D eigenvalue weighted by atomic mass is 79.9. The average Bonchev–Trinajstić information content (AvgIpc) is 2.15. The molecule has 0 saturated carbocycles. The van der Waals surface area contributed by atoms with Gasteiger partial charge in [0.05, 0.1) is 6.10 Å². The number of rotatable bonds is 4. The molecule has 1 aromatic heterocycles. The molecule has 15 heavy (non-hydrogen) atoms. The molecule has 0 aliphatic heterocycles. The van der Waals surface area contributed by atoms with Crippen molar-refractivity contribution in [3.8, 4) is 0 Å². The van der Waals surface area contributed by atoms with Crippen molar-refractivity contribution < 1.29 is 9.53 Å². The summed E-state index contributed by atoms with van der Waals surface area (Å²) >= 11 is 3.29. The summed E-state index contributed by atoms with van der Waals surface area (Å²) in [5.74, 6) is 0.316. The van der Waals surface area contributed by atoms with Crippen molar-refractivity contribution >= 4 is 27.7 Å². The summed E-state index contributed by atoms with van der Waals surface area (Å²) in [5.41, 5.74) is 0. The molecule has 0 radical (unpaired) electrons. The van der Waals surface area contributed by atoms with Crippen LogP contribution in [0.4, 0.5) is 5.82 Å². The van der Waals surface area contributed by atoms with E-state index >= 15 is 0 Å². The molecule has 1 rings (SSSR count). The molecule has 0 aromatic carbocycles. The molecule has 0 atom stereocenters. The van der Waals surface area contributed by atoms with Gasteiger partial charge in [-0.15, -0.1) is 0 Å². The highest BCUT2D eigenvalue weighted by molar-refractivity contribution is 9.10. The number of aromatic nitrogens is 1. The highest BCUT2D eigenvalue weighted by Gasteiger charge is 2.04. The summed E-state index contributed by atoms with van der Waals surface area (Å²) in [4.78, 5) is 15.3. The van der Waals surface area contributed by atoms with E-state index in [1.165, 1.54) is 0 Å². The van der Waals surface area contributed by atoms with E-state index in [9.17, 15) is 4.79 Å². The average molecular weight is 273 g/mol. The van der Waals surface area contributed by atoms with Gasteiger partial charge in [-0.25, -0.2) is 4.98 Å². The van der Waals surface area contributed by atoms with Crippen molar-refractivity contribution in [3.05, 3.63) is 22.8 Å². The molecule has 5 heteroatoms. The Hall–Kier alpha value is -0.940. The minimum absolute atomic E-state index is 0.0474. The monoisotopic (exact) mass is 272 g/mol. The van der Waals surface area contributed by atoms with Crippen molar-refractivity contribution in [2.24, 2.45) is 0 Å². The molecule has 4 nitrogen and oxygen atoms in total. The second-order valence-corrected chi connectivity index (χ2v) is 4.18. The fourth-order valence-corrected chi connectivity index (χ4v) is 1.23. The summed E-state index contributed by atoms with van der Waals surface area (Å²) in [6, 6.07) is 3.52. The number of halogens is 1. The highest BCUT2D eigenvalue weighted by Crippen LogP contribution is 2.12. The number of amides is 1. The zero-order chi connectivity index (χ0) is 11.3. The number of anilines is 1. The van der Waals surface area contributed by atoms with Crippen LogP contribution in [0.5, 0.6) is 0 Å². The fourth-order valence-electron chi connectivity index (χ4n) is 0.894. The maximum Gasteiger partial charge on any atom is 0.251 e. The minimum Gasteiger partial charge on any atom is -0.369 e. The Morgan fingerprint density at radius 2 is 2.40 bits per heavy atom. The first-order valence-electron chi connectivity index (χ1n) is 4.61. The molecule has 0 aliphatic carbocycles. The molecular weight excluding hydrogens is 260 g/mol. The molecule has 1 N–H and O–H groups in total. The molecule has 1 heterocycles. The van der Waals surface area contributed by atoms with E-state index < -0.39 is 0 Å². The van der Waals surface area contributed by atoms with Crippen molar-refractivity contribution in [3.63, 3.8) is 0 Å². The van der Waals surface area contributed by atoms with E-state index in [1.54, 1.807) is 18.3 Å². The van der Waals surface area contributed by atoms with Crippen LogP contribution in [-0.4, -0.2) is 23.6 Å². The summed E-state index contributed by atoms with van der Waals surface area (Å²) in [5, 5.41) is 2.63. The Bertz CT molecular complexity index is 342. The number of nitrogens with one attached hydrogen (secondary N) is 1. The molecule has 0 saturated heterocycles. The first-order chi connectivity index (χ1) is 7.08. The van der Waals surface area contributed by atoms with Gasteiger partial charge >= 0.3 is 0 Å². The van der Waals surface area contributed by atoms with Crippen LogP contribution in [0.25, 0.3) is 0 Å². The Morgan fingerprint density at radius 3 is 3.00 bits per heavy atom. The first kappa shape index (κ1) is 12.1. The van der Waals surface area contributed by atoms with Gasteiger partial charge in [0.1, 0.15) is 12.4 Å². The van der Waals surface area contributed by atoms with E-state index in [4.69, 9.17) is 4.74 Å². The minimum atomic E-state index is -0.200. The van der Waals surface area contributed by atoms with E-state index in [-0.39, 0.29) is 18.6 Å². The summed E-state index contributed by atoms with van der Waals surface area (Å²) < 4.78 is 6.03. The first-order valence-corrected chi connectivity index (χ1v) is 5.40. The lowest BCUT2D eigenvalue weighted by molar-refractivity contribution is -0.121. The fraction of sp³-hybridized carbons (Fsp3) is 0.400. The Labute approximate surface area is 97.2 Å². The topological polar surface area (TPSA) is 51.2 Å². The van der Waals surface area contributed by atoms with Crippen LogP contribution in [0.15, 0.2) is 22.8 Å². The number of ether oxygens (including phenoxy) is 1. The second kappa shape index (κ2) is 5.82. The second-order valence-electron chi connectivity index (χ2n) is 3.27. The number of pyridine rings is 1. The number of carbonyl (C=O) groups excluding carboxylic acids is 1. The van der Waals surface area contributed by atoms with Gasteiger partial charge < -0.3 is 10.1 Å². The van der Waals surface area contributed by atoms with Crippen LogP contribution in [-0.2, 0) is 9.53 Å². The zero-order valence-electron chi connectivity index (χ0n) is 8.66. The third-order valence-corrected chi connectivity index (χ3v) is 2.03. The molecule has 0 aliphatic rings. The lowest BCUT2D eigenvalue weighted by Crippen LogP contribution is -2.21. The number of hydrogen-bond donors (Lipinski definition) is 1. The van der Waals surface area contributed by atoms with E-state index in [0.717, 1.165) is 4.47 Å². The zero-order valence-corrected chi connectivity index (χ0v) is 10.2. The predicted octanol–water partition coefficient (Wildman–Crippen LogP) is 2.21. The molecule has 0 fully saturated rings. The molecular formula is C10H13BrN2O2. The van der Waals surface area contributed by atoms with Crippen molar-refractivity contribution in [2.45, 2.75) is 20.0 Å². The molecule has 0 spiro atoms. The van der Waals surface area contributed by atoms with Crippen molar-refractivity contribution in [1.29, 1.82) is 0 Å². The van der Waals surface area contributed by atoms with Crippen molar-refractivity contribution in [1.82, 2.24) is 4.98 Å². The Kier molecular flexibility index (Phi) is 4.71. The quantitative estimate of drug-likeness (QED) is 0.915. The van der Waals surface area contributed by atoms with Gasteiger partial charge in [-0.3, -0.25) is 4.79 Å². The van der Waals surface area contributed by atoms with Crippen molar-refractivity contribution in [2.75, 3.05) is 11.9 Å². The predicted molar refractivity (Wildman–Crippen MR) is 61.7 cm³/mol. The third-order valence-electron chi connectivity index (χ3n) is 1.54. The van der Waals surface area contributed by atoms with Gasteiger partial charge in [0.15, 0.2) is 0 Å². The number of nitrogens with zero attached hydrogens (tertiary/aromatic N) is 1. The number of carbonyl (C=O) groups is 1. The lowest BCUT2D eigenvalue weighted by atomic mass is 10.4. The van der Waals surface area contributed by atoms with Crippen LogP contribution in [0.3, 0.4) is 0 Å². The standard InChI is InChI=1S/C10H13BrN2O2/c1-7(2)15-6-10(14)13-9-5-8(11)3-4-12-9/h3-5,7H,6H2,1-2H3,(H,12,13,14). The molecule has 1 aromatic rings. The van der Waals surface area contributed by atoms with Crippen LogP contribution in [0, 0.1) is 0 Å². The summed E-state index contributed by atoms with van der Waals surface area (Å²) in [6.07, 6.45) is 1.66. The van der Waals surface area contributed by atoms with Gasteiger partial charge in [-0.1, -0.05) is 15.9 Å². The Balaban J connectivity index is 2.44. The smallest absolute Gasteiger partial charge is 0.251 e. The van der Waals surface area contributed by atoms with Gasteiger partial charge in [-0.2, -0.15) is 0 Å². The van der Waals surface area contributed by atoms with Crippen LogP contribution in [0.1, 0.15) is 13.8 Å². The normalized spacial score (nSPS) is 10.4. The van der Waals surface area contributed by atoms with Gasteiger partial charge in [-0.05, 0) is 26.0 Å². The maximum absolute atomic E-state index is 11.3. The number of hydrogen-bond acceptors (Lipinski definition) is 3.